The first-order valence-corrected chi connectivity index (χ1v) is 9.08. The summed E-state index contributed by atoms with van der Waals surface area (Å²) in [6, 6.07) is 13.4. The Balaban J connectivity index is 1.66. The average molecular weight is 414 g/mol. The minimum Gasteiger partial charge on any atom is -0.364 e. The molecule has 0 fully saturated rings. The van der Waals surface area contributed by atoms with Crippen molar-refractivity contribution < 1.29 is 4.79 Å². The number of imidazole rings is 1. The second kappa shape index (κ2) is 8.62. The van der Waals surface area contributed by atoms with Crippen molar-refractivity contribution in [1.82, 2.24) is 19.9 Å². The molecular formula is C19H20BrN5O. The Morgan fingerprint density at radius 3 is 2.69 bits per heavy atom. The Morgan fingerprint density at radius 1 is 1.23 bits per heavy atom. The van der Waals surface area contributed by atoms with Crippen LogP contribution in [0, 0.1) is 0 Å². The van der Waals surface area contributed by atoms with Gasteiger partial charge in [-0.15, -0.1) is 0 Å². The molecule has 0 aliphatic heterocycles. The van der Waals surface area contributed by atoms with Gasteiger partial charge in [-0.05, 0) is 36.4 Å². The monoisotopic (exact) mass is 413 g/mol. The SMILES string of the molecule is Cn1cncc1CN(CCNC(=O)c1ccccn1)c1ccc(Br)cc1. The van der Waals surface area contributed by atoms with Crippen LogP contribution in [0.25, 0.3) is 0 Å². The van der Waals surface area contributed by atoms with Gasteiger partial charge < -0.3 is 14.8 Å². The lowest BCUT2D eigenvalue weighted by Gasteiger charge is -2.25. The first-order chi connectivity index (χ1) is 12.6. The third-order valence-corrected chi connectivity index (χ3v) is 4.55. The van der Waals surface area contributed by atoms with Crippen molar-refractivity contribution in [2.45, 2.75) is 6.54 Å². The number of pyridine rings is 1. The lowest BCUT2D eigenvalue weighted by Crippen LogP contribution is -2.35. The summed E-state index contributed by atoms with van der Waals surface area (Å²) in [5.74, 6) is -0.165. The Labute approximate surface area is 161 Å². The van der Waals surface area contributed by atoms with E-state index in [0.29, 0.717) is 25.3 Å². The largest absolute Gasteiger partial charge is 0.364 e. The summed E-state index contributed by atoms with van der Waals surface area (Å²) in [5.41, 5.74) is 2.61. The highest BCUT2D eigenvalue weighted by Gasteiger charge is 2.11. The molecule has 2 aromatic heterocycles. The number of halogens is 1. The van der Waals surface area contributed by atoms with Gasteiger partial charge in [-0.25, -0.2) is 4.98 Å². The van der Waals surface area contributed by atoms with Gasteiger partial charge in [0.25, 0.3) is 5.91 Å². The van der Waals surface area contributed by atoms with Gasteiger partial charge in [0.05, 0.1) is 18.6 Å². The van der Waals surface area contributed by atoms with Crippen LogP contribution in [-0.4, -0.2) is 33.5 Å². The summed E-state index contributed by atoms with van der Waals surface area (Å²) >= 11 is 3.47. The summed E-state index contributed by atoms with van der Waals surface area (Å²) < 4.78 is 3.03. The van der Waals surface area contributed by atoms with E-state index < -0.39 is 0 Å². The minimum atomic E-state index is -0.165. The molecule has 6 nitrogen and oxygen atoms in total. The standard InChI is InChI=1S/C19H20BrN5O/c1-24-14-21-12-17(24)13-25(16-7-5-15(20)6-8-16)11-10-23-19(26)18-4-2-3-9-22-18/h2-9,12,14H,10-11,13H2,1H3,(H,23,26). The Morgan fingerprint density at radius 2 is 2.04 bits per heavy atom. The fraction of sp³-hybridized carbons (Fsp3) is 0.211. The van der Waals surface area contributed by atoms with Crippen molar-refractivity contribution >= 4 is 27.5 Å². The van der Waals surface area contributed by atoms with Crippen LogP contribution in [0.2, 0.25) is 0 Å². The zero-order chi connectivity index (χ0) is 18.4. The van der Waals surface area contributed by atoms with Crippen LogP contribution in [-0.2, 0) is 13.6 Å². The average Bonchev–Trinajstić information content (AvgIpc) is 3.07. The molecule has 1 N–H and O–H groups in total. The van der Waals surface area contributed by atoms with Crippen LogP contribution >= 0.6 is 15.9 Å². The van der Waals surface area contributed by atoms with Gasteiger partial charge in [-0.3, -0.25) is 9.78 Å². The zero-order valence-corrected chi connectivity index (χ0v) is 16.1. The van der Waals surface area contributed by atoms with Crippen LogP contribution < -0.4 is 10.2 Å². The summed E-state index contributed by atoms with van der Waals surface area (Å²) in [6.45, 7) is 1.90. The number of aryl methyl sites for hydroxylation is 1. The molecule has 3 aromatic rings. The molecule has 2 heterocycles. The van der Waals surface area contributed by atoms with Gasteiger partial charge in [-0.1, -0.05) is 22.0 Å². The molecule has 0 atom stereocenters. The molecule has 134 valence electrons. The van der Waals surface area contributed by atoms with E-state index in [-0.39, 0.29) is 5.91 Å². The van der Waals surface area contributed by atoms with Gasteiger partial charge in [0.1, 0.15) is 5.69 Å². The number of carbonyl (C=O) groups is 1. The molecule has 0 unspecified atom stereocenters. The minimum absolute atomic E-state index is 0.165. The molecule has 1 amide bonds. The topological polar surface area (TPSA) is 63.1 Å². The summed E-state index contributed by atoms with van der Waals surface area (Å²) in [7, 11) is 1.98. The smallest absolute Gasteiger partial charge is 0.269 e. The molecule has 0 aliphatic carbocycles. The number of carbonyl (C=O) groups excluding carboxylic acids is 1. The second-order valence-corrected chi connectivity index (χ2v) is 6.78. The van der Waals surface area contributed by atoms with Crippen molar-refractivity contribution in [2.75, 3.05) is 18.0 Å². The molecule has 26 heavy (non-hydrogen) atoms. The van der Waals surface area contributed by atoms with E-state index in [1.165, 1.54) is 0 Å². The highest BCUT2D eigenvalue weighted by molar-refractivity contribution is 9.10. The third-order valence-electron chi connectivity index (χ3n) is 4.03. The quantitative estimate of drug-likeness (QED) is 0.646. The van der Waals surface area contributed by atoms with E-state index >= 15 is 0 Å². The molecular weight excluding hydrogens is 394 g/mol. The number of aromatic nitrogens is 3. The molecule has 7 heteroatoms. The van der Waals surface area contributed by atoms with Crippen molar-refractivity contribution in [3.63, 3.8) is 0 Å². The van der Waals surface area contributed by atoms with Gasteiger partial charge in [0, 0.05) is 42.7 Å². The molecule has 0 aliphatic rings. The highest BCUT2D eigenvalue weighted by atomic mass is 79.9. The maximum atomic E-state index is 12.2. The van der Waals surface area contributed by atoms with E-state index in [1.807, 2.05) is 29.9 Å². The number of hydrogen-bond donors (Lipinski definition) is 1. The molecule has 0 saturated heterocycles. The second-order valence-electron chi connectivity index (χ2n) is 5.86. The predicted molar refractivity (Wildman–Crippen MR) is 105 cm³/mol. The number of anilines is 1. The highest BCUT2D eigenvalue weighted by Crippen LogP contribution is 2.20. The lowest BCUT2D eigenvalue weighted by molar-refractivity contribution is 0.0949. The van der Waals surface area contributed by atoms with E-state index in [9.17, 15) is 4.79 Å². The van der Waals surface area contributed by atoms with Crippen LogP contribution in [0.4, 0.5) is 5.69 Å². The maximum absolute atomic E-state index is 12.2. The fourth-order valence-electron chi connectivity index (χ4n) is 2.58. The Bertz CT molecular complexity index is 848. The molecule has 0 saturated carbocycles. The maximum Gasteiger partial charge on any atom is 0.269 e. The fourth-order valence-corrected chi connectivity index (χ4v) is 2.84. The van der Waals surface area contributed by atoms with Crippen LogP contribution in [0.15, 0.2) is 65.7 Å². The van der Waals surface area contributed by atoms with Crippen molar-refractivity contribution in [2.24, 2.45) is 7.05 Å². The van der Waals surface area contributed by atoms with Crippen LogP contribution in [0.1, 0.15) is 16.2 Å². The van der Waals surface area contributed by atoms with Crippen LogP contribution in [0.5, 0.6) is 0 Å². The first kappa shape index (κ1) is 18.1. The third kappa shape index (κ3) is 4.70. The summed E-state index contributed by atoms with van der Waals surface area (Å²) in [6.07, 6.45) is 5.27. The Hall–Kier alpha value is -2.67. The summed E-state index contributed by atoms with van der Waals surface area (Å²) in [5, 5.41) is 2.93. The lowest BCUT2D eigenvalue weighted by atomic mass is 10.2. The van der Waals surface area contributed by atoms with Gasteiger partial charge in [0.2, 0.25) is 0 Å². The number of hydrogen-bond acceptors (Lipinski definition) is 4. The number of rotatable bonds is 7. The molecule has 0 bridgehead atoms. The molecule has 3 rings (SSSR count). The molecule has 0 spiro atoms. The van der Waals surface area contributed by atoms with E-state index in [0.717, 1.165) is 15.9 Å². The van der Waals surface area contributed by atoms with Crippen molar-refractivity contribution in [3.8, 4) is 0 Å². The van der Waals surface area contributed by atoms with E-state index in [1.54, 1.807) is 30.7 Å². The Kier molecular flexibility index (Phi) is 6.01. The zero-order valence-electron chi connectivity index (χ0n) is 14.5. The van der Waals surface area contributed by atoms with Crippen molar-refractivity contribution in [1.29, 1.82) is 0 Å². The number of nitrogens with zero attached hydrogens (tertiary/aromatic N) is 4. The molecule has 1 aromatic carbocycles. The van der Waals surface area contributed by atoms with Crippen molar-refractivity contribution in [3.05, 3.63) is 77.0 Å². The summed E-state index contributed by atoms with van der Waals surface area (Å²) in [4.78, 5) is 22.6. The van der Waals surface area contributed by atoms with Crippen LogP contribution in [0.3, 0.4) is 0 Å². The number of benzene rings is 1. The van der Waals surface area contributed by atoms with Gasteiger partial charge >= 0.3 is 0 Å². The normalized spacial score (nSPS) is 10.5. The molecule has 0 radical (unpaired) electrons. The van der Waals surface area contributed by atoms with E-state index in [4.69, 9.17) is 0 Å². The number of nitrogens with one attached hydrogen (secondary N) is 1. The van der Waals surface area contributed by atoms with Gasteiger partial charge in [0.15, 0.2) is 0 Å². The number of amides is 1. The first-order valence-electron chi connectivity index (χ1n) is 8.28. The predicted octanol–water partition coefficient (Wildman–Crippen LogP) is 3.01. The van der Waals surface area contributed by atoms with E-state index in [2.05, 4.69) is 48.2 Å². The van der Waals surface area contributed by atoms with Gasteiger partial charge in [-0.2, -0.15) is 0 Å².